The van der Waals surface area contributed by atoms with Gasteiger partial charge in [0.05, 0.1) is 45.0 Å². The molecular weight excluding hydrogens is 1550 g/mol. The molecule has 8 aromatic carbocycles. The van der Waals surface area contributed by atoms with E-state index in [0.29, 0.717) is 0 Å². The molecule has 0 atom stereocenters. The molecule has 8 nitrogen and oxygen atoms in total. The van der Waals surface area contributed by atoms with E-state index < -0.39 is 0 Å². The molecule has 9 heteroatoms. The first-order chi connectivity index (χ1) is 61.9. The van der Waals surface area contributed by atoms with E-state index >= 15 is 0 Å². The van der Waals surface area contributed by atoms with Crippen LogP contribution in [0.1, 0.15) is 181 Å². The highest BCUT2D eigenvalue weighted by molar-refractivity contribution is 5.93. The Morgan fingerprint density at radius 2 is 0.472 bits per heavy atom. The lowest BCUT2D eigenvalue weighted by Gasteiger charge is -2.27. The van der Waals surface area contributed by atoms with Gasteiger partial charge in [0.1, 0.15) is 34.0 Å². The molecule has 8 aliphatic carbocycles. The van der Waals surface area contributed by atoms with Crippen LogP contribution in [-0.2, 0) is 49.9 Å². The average molecular weight is 1660 g/mol. The molecule has 4 saturated carbocycles. The minimum Gasteiger partial charge on any atom is -0.260 e. The van der Waals surface area contributed by atoms with Gasteiger partial charge in [-0.05, 0) is 241 Å². The summed E-state index contributed by atoms with van der Waals surface area (Å²) in [4.78, 5) is 19.8. The number of benzene rings is 8. The van der Waals surface area contributed by atoms with Gasteiger partial charge >= 0.3 is 0 Å². The molecule has 0 aliphatic heterocycles. The summed E-state index contributed by atoms with van der Waals surface area (Å²) in [6, 6.07) is 89.2. The molecule has 4 fully saturated rings. The summed E-state index contributed by atoms with van der Waals surface area (Å²) in [6.07, 6.45) is 36.3. The zero-order valence-electron chi connectivity index (χ0n) is 75.1. The van der Waals surface area contributed by atoms with Crippen LogP contribution in [0.2, 0.25) is 0 Å². The first-order valence-electron chi connectivity index (χ1n) is 46.3. The molecule has 16 aromatic rings. The van der Waals surface area contributed by atoms with E-state index in [4.69, 9.17) is 19.9 Å². The van der Waals surface area contributed by atoms with E-state index in [-0.39, 0.29) is 27.5 Å². The van der Waals surface area contributed by atoms with E-state index in [1.807, 2.05) is 36.9 Å². The van der Waals surface area contributed by atoms with Gasteiger partial charge in [0, 0.05) is 117 Å². The number of aryl methyl sites for hydroxylation is 10. The van der Waals surface area contributed by atoms with Gasteiger partial charge in [-0.1, -0.05) is 226 Å². The minimum absolute atomic E-state index is 0.00611. The summed E-state index contributed by atoms with van der Waals surface area (Å²) in [6.45, 7) is 13.3. The van der Waals surface area contributed by atoms with Crippen LogP contribution in [0.4, 0.5) is 4.39 Å². The third kappa shape index (κ3) is 13.5. The average Bonchev–Trinajstić information content (AvgIpc) is 1.56. The molecule has 0 radical (unpaired) electrons. The molecule has 626 valence electrons. The Balaban J connectivity index is 0.000000103. The standard InChI is InChI=1S/2C30H29N2.C29H26FN2.C29H27N2/c2*1-20-8-11-22(12-9-20)23-14-18-32(3)26(19-23)27-21(2)10-13-24-25-7-6-17-31-29(25)30(28(24)27)15-4-5-16-30;1-19-7-12-23-24-6-5-16-31-28(24)29(14-3-4-15-29)27(23)26(19)25-18-21(13-17-32(25)2)20-8-10-22(30)11-9-20;1-20-12-13-23-24-11-8-17-30-28(24)29(15-6-7-16-29)27(23)26(20)25-19-22(14-18-31(25)2)21-9-4-3-5-10-21/h2*6-14,17-19H,4-5,15-16H2,1-3H3;5-13,16-18H,3-4,14-15H2,1-2H3;3-5,8-14,17-19H,6-7,15-16H2,1-2H3/q4*+1. The first-order valence-corrected chi connectivity index (χ1v) is 46.3. The summed E-state index contributed by atoms with van der Waals surface area (Å²) in [7, 11) is 8.64. The van der Waals surface area contributed by atoms with Gasteiger partial charge in [-0.3, -0.25) is 19.9 Å². The molecule has 0 amide bonds. The third-order valence-electron chi connectivity index (χ3n) is 30.3. The predicted octanol–water partition coefficient (Wildman–Crippen LogP) is 26.3. The van der Waals surface area contributed by atoms with Crippen LogP contribution >= 0.6 is 0 Å². The monoisotopic (exact) mass is 1660 g/mol. The molecule has 0 bridgehead atoms. The lowest BCUT2D eigenvalue weighted by molar-refractivity contribution is -0.660. The van der Waals surface area contributed by atoms with Crippen LogP contribution in [0.5, 0.6) is 0 Å². The maximum Gasteiger partial charge on any atom is 0.213 e. The van der Waals surface area contributed by atoms with Crippen molar-refractivity contribution in [2.24, 2.45) is 28.2 Å². The van der Waals surface area contributed by atoms with E-state index in [1.165, 1.54) is 303 Å². The Kier molecular flexibility index (Phi) is 20.6. The van der Waals surface area contributed by atoms with Gasteiger partial charge in [0.15, 0.2) is 24.8 Å². The zero-order chi connectivity index (χ0) is 86.6. The van der Waals surface area contributed by atoms with Gasteiger partial charge in [-0.25, -0.2) is 22.7 Å². The largest absolute Gasteiger partial charge is 0.260 e. The fraction of sp³-hybridized carbons (Fsp3) is 0.254. The van der Waals surface area contributed by atoms with E-state index in [0.717, 1.165) is 24.0 Å². The van der Waals surface area contributed by atoms with Gasteiger partial charge in [-0.15, -0.1) is 0 Å². The number of pyridine rings is 8. The normalized spacial score (nSPS) is 15.7. The van der Waals surface area contributed by atoms with Crippen LogP contribution in [0.25, 0.3) is 134 Å². The third-order valence-corrected chi connectivity index (χ3v) is 30.3. The Morgan fingerprint density at radius 3 is 0.724 bits per heavy atom. The summed E-state index contributed by atoms with van der Waals surface area (Å²) in [5.41, 5.74) is 50.4. The zero-order valence-corrected chi connectivity index (χ0v) is 75.1. The van der Waals surface area contributed by atoms with E-state index in [2.05, 4.69) is 337 Å². The first kappa shape index (κ1) is 81.0. The van der Waals surface area contributed by atoms with Crippen molar-refractivity contribution in [3.05, 3.63) is 383 Å². The highest BCUT2D eigenvalue weighted by atomic mass is 19.1. The number of halogens is 1. The number of hydrogen-bond acceptors (Lipinski definition) is 4. The molecule has 0 unspecified atom stereocenters. The van der Waals surface area contributed by atoms with Crippen molar-refractivity contribution in [3.8, 4) is 134 Å². The number of hydrogen-bond donors (Lipinski definition) is 0. The predicted molar refractivity (Wildman–Crippen MR) is 512 cm³/mol. The smallest absolute Gasteiger partial charge is 0.213 e. The number of fused-ring (bicyclic) bond motifs is 20. The molecule has 0 N–H and O–H groups in total. The molecular formula is C118H111FN8+4. The Hall–Kier alpha value is -13.1. The molecule has 8 aromatic heterocycles. The van der Waals surface area contributed by atoms with Gasteiger partial charge in [0.2, 0.25) is 22.8 Å². The number of aromatic nitrogens is 8. The van der Waals surface area contributed by atoms with Crippen molar-refractivity contribution in [2.75, 3.05) is 0 Å². The molecule has 4 spiro atoms. The molecule has 24 rings (SSSR count). The quantitative estimate of drug-likeness (QED) is 0.142. The van der Waals surface area contributed by atoms with Crippen molar-refractivity contribution in [1.82, 2.24) is 19.9 Å². The fourth-order valence-electron chi connectivity index (χ4n) is 24.1. The van der Waals surface area contributed by atoms with E-state index in [9.17, 15) is 4.39 Å². The maximum atomic E-state index is 13.5. The molecule has 8 aliphatic rings. The van der Waals surface area contributed by atoms with E-state index in [1.54, 1.807) is 0 Å². The lowest BCUT2D eigenvalue weighted by Crippen LogP contribution is -2.32. The van der Waals surface area contributed by atoms with Crippen LogP contribution in [0.15, 0.2) is 298 Å². The fourth-order valence-corrected chi connectivity index (χ4v) is 24.1. The second kappa shape index (κ2) is 32.4. The van der Waals surface area contributed by atoms with Crippen molar-refractivity contribution < 1.29 is 22.7 Å². The van der Waals surface area contributed by atoms with Gasteiger partial charge < -0.3 is 0 Å². The van der Waals surface area contributed by atoms with Crippen molar-refractivity contribution in [2.45, 2.75) is 166 Å². The highest BCUT2D eigenvalue weighted by Gasteiger charge is 2.54. The van der Waals surface area contributed by atoms with Gasteiger partial charge in [-0.2, -0.15) is 0 Å². The van der Waals surface area contributed by atoms with Crippen molar-refractivity contribution in [3.63, 3.8) is 0 Å². The Labute approximate surface area is 748 Å². The topological polar surface area (TPSA) is 67.1 Å². The van der Waals surface area contributed by atoms with Gasteiger partial charge in [0.25, 0.3) is 0 Å². The highest BCUT2D eigenvalue weighted by Crippen LogP contribution is 2.64. The molecule has 8 heterocycles. The maximum absolute atomic E-state index is 13.5. The summed E-state index contributed by atoms with van der Waals surface area (Å²) >= 11 is 0. The number of rotatable bonds is 8. The molecule has 0 saturated heterocycles. The van der Waals surface area contributed by atoms with Crippen LogP contribution in [0.3, 0.4) is 0 Å². The lowest BCUT2D eigenvalue weighted by atomic mass is 9.75. The Morgan fingerprint density at radius 1 is 0.236 bits per heavy atom. The van der Waals surface area contributed by atoms with Crippen molar-refractivity contribution >= 4 is 0 Å². The second-order valence-electron chi connectivity index (χ2n) is 37.7. The second-order valence-corrected chi connectivity index (χ2v) is 37.7. The summed E-state index contributed by atoms with van der Waals surface area (Å²) in [5.74, 6) is -0.208. The minimum atomic E-state index is -0.208. The summed E-state index contributed by atoms with van der Waals surface area (Å²) in [5, 5.41) is 0. The SMILES string of the molecule is Cc1ccc(-c2cc[n+](C)c(-c3c(C)ccc4c3C3(CCCC3)c3ncccc3-4)c2)cc1.Cc1ccc(-c2cc[n+](C)c(-c3c(C)ccc4c3C3(CCCC3)c3ncccc3-4)c2)cc1.Cc1ccc2c(c1-c1cc(-c3ccc(F)cc3)cc[n+]1C)C1(CCCC1)c1ncccc1-2.Cc1ccc2c(c1-c1cc(-c3ccccc3)cc[n+]1C)C1(CCCC1)c1ncccc1-2. The van der Waals surface area contributed by atoms with Crippen LogP contribution in [0, 0.1) is 47.4 Å². The Bertz CT molecular complexity index is 6510. The molecule has 127 heavy (non-hydrogen) atoms. The number of nitrogens with zero attached hydrogens (tertiary/aromatic N) is 8. The van der Waals surface area contributed by atoms with Crippen LogP contribution < -0.4 is 18.3 Å². The van der Waals surface area contributed by atoms with Crippen molar-refractivity contribution in [1.29, 1.82) is 0 Å². The summed E-state index contributed by atoms with van der Waals surface area (Å²) < 4.78 is 22.6. The van der Waals surface area contributed by atoms with Crippen LogP contribution in [-0.4, -0.2) is 19.9 Å².